The van der Waals surface area contributed by atoms with E-state index in [9.17, 15) is 0 Å². The first-order valence-electron chi connectivity index (χ1n) is 12.4. The molecule has 1 aromatic carbocycles. The summed E-state index contributed by atoms with van der Waals surface area (Å²) in [7, 11) is 3.90. The second kappa shape index (κ2) is 10.00. The van der Waals surface area contributed by atoms with E-state index < -0.39 is 0 Å². The maximum atomic E-state index is 5.74. The van der Waals surface area contributed by atoms with Gasteiger partial charge in [-0.05, 0) is 32.0 Å². The van der Waals surface area contributed by atoms with Crippen molar-refractivity contribution in [1.82, 2.24) is 14.9 Å². The van der Waals surface area contributed by atoms with Crippen LogP contribution in [0.1, 0.15) is 44.1 Å². The van der Waals surface area contributed by atoms with Crippen LogP contribution in [-0.2, 0) is 0 Å². The normalized spacial score (nSPS) is 19.8. The van der Waals surface area contributed by atoms with E-state index in [-0.39, 0.29) is 0 Å². The minimum atomic E-state index is 0.566. The molecule has 0 unspecified atom stereocenters. The molecule has 2 fully saturated rings. The van der Waals surface area contributed by atoms with Crippen LogP contribution in [0.25, 0.3) is 6.08 Å². The molecule has 2 aliphatic heterocycles. The highest BCUT2D eigenvalue weighted by Crippen LogP contribution is 2.34. The zero-order valence-corrected chi connectivity index (χ0v) is 20.0. The molecule has 0 radical (unpaired) electrons. The average molecular weight is 449 g/mol. The van der Waals surface area contributed by atoms with Gasteiger partial charge < -0.3 is 24.8 Å². The molecule has 1 aromatic heterocycles. The van der Waals surface area contributed by atoms with Gasteiger partial charge in [0.05, 0.1) is 12.8 Å². The van der Waals surface area contributed by atoms with Crippen LogP contribution in [0.3, 0.4) is 0 Å². The summed E-state index contributed by atoms with van der Waals surface area (Å²) in [5.74, 6) is 2.48. The molecule has 7 heteroatoms. The molecule has 7 nitrogen and oxygen atoms in total. The maximum Gasteiger partial charge on any atom is 0.229 e. The number of hydrogen-bond donors (Lipinski definition) is 1. The first kappa shape index (κ1) is 22.0. The van der Waals surface area contributed by atoms with Crippen LogP contribution in [-0.4, -0.2) is 67.8 Å². The lowest BCUT2D eigenvalue weighted by molar-refractivity contribution is 0.312. The van der Waals surface area contributed by atoms with Gasteiger partial charge >= 0.3 is 0 Å². The SMILES string of the molecule is COc1cc(N2CCN(C)CC2)ccc1Nc1ncc2c(n1)N(C1CCCCCC1)CC=C2. The highest BCUT2D eigenvalue weighted by atomic mass is 16.5. The molecular formula is C26H36N6O. The van der Waals surface area contributed by atoms with Crippen molar-refractivity contribution < 1.29 is 4.74 Å². The summed E-state index contributed by atoms with van der Waals surface area (Å²) in [4.78, 5) is 16.9. The van der Waals surface area contributed by atoms with Crippen molar-refractivity contribution in [3.05, 3.63) is 36.0 Å². The van der Waals surface area contributed by atoms with Crippen LogP contribution in [0.4, 0.5) is 23.1 Å². The third-order valence-corrected chi connectivity index (χ3v) is 7.23. The molecule has 3 aliphatic rings. The number of fused-ring (bicyclic) bond motifs is 1. The Morgan fingerprint density at radius 3 is 2.58 bits per heavy atom. The molecule has 1 N–H and O–H groups in total. The number of hydrogen-bond acceptors (Lipinski definition) is 7. The largest absolute Gasteiger partial charge is 0.494 e. The Morgan fingerprint density at radius 1 is 1.03 bits per heavy atom. The van der Waals surface area contributed by atoms with Crippen molar-refractivity contribution in [2.75, 3.05) is 62.0 Å². The van der Waals surface area contributed by atoms with E-state index in [4.69, 9.17) is 9.72 Å². The van der Waals surface area contributed by atoms with Crippen molar-refractivity contribution >= 4 is 29.2 Å². The minimum absolute atomic E-state index is 0.566. The monoisotopic (exact) mass is 448 g/mol. The number of methoxy groups -OCH3 is 1. The first-order valence-corrected chi connectivity index (χ1v) is 12.4. The fraction of sp³-hybridized carbons (Fsp3) is 0.538. The van der Waals surface area contributed by atoms with Gasteiger partial charge in [-0.15, -0.1) is 0 Å². The Balaban J connectivity index is 1.36. The van der Waals surface area contributed by atoms with Crippen LogP contribution in [0.15, 0.2) is 30.5 Å². The molecular weight excluding hydrogens is 412 g/mol. The van der Waals surface area contributed by atoms with Gasteiger partial charge in [0.25, 0.3) is 0 Å². The molecule has 0 amide bonds. The fourth-order valence-corrected chi connectivity index (χ4v) is 5.23. The van der Waals surface area contributed by atoms with Gasteiger partial charge in [-0.2, -0.15) is 4.98 Å². The van der Waals surface area contributed by atoms with E-state index in [0.29, 0.717) is 12.0 Å². The molecule has 1 saturated heterocycles. The van der Waals surface area contributed by atoms with Crippen LogP contribution >= 0.6 is 0 Å². The van der Waals surface area contributed by atoms with Crippen LogP contribution in [0.2, 0.25) is 0 Å². The van der Waals surface area contributed by atoms with E-state index in [2.05, 4.69) is 62.4 Å². The van der Waals surface area contributed by atoms with Crippen molar-refractivity contribution in [3.63, 3.8) is 0 Å². The van der Waals surface area contributed by atoms with Gasteiger partial charge in [0.1, 0.15) is 11.6 Å². The highest BCUT2D eigenvalue weighted by molar-refractivity contribution is 5.72. The van der Waals surface area contributed by atoms with E-state index >= 15 is 0 Å². The molecule has 1 saturated carbocycles. The van der Waals surface area contributed by atoms with Gasteiger partial charge in [-0.3, -0.25) is 0 Å². The van der Waals surface area contributed by atoms with Gasteiger partial charge in [0, 0.05) is 62.3 Å². The summed E-state index contributed by atoms with van der Waals surface area (Å²) in [6.45, 7) is 5.15. The lowest BCUT2D eigenvalue weighted by Gasteiger charge is -2.34. The molecule has 3 heterocycles. The zero-order valence-electron chi connectivity index (χ0n) is 20.0. The van der Waals surface area contributed by atoms with E-state index in [1.54, 1.807) is 7.11 Å². The molecule has 0 spiro atoms. The molecule has 5 rings (SSSR count). The Hall–Kier alpha value is -2.80. The molecule has 0 bridgehead atoms. The van der Waals surface area contributed by atoms with Crippen LogP contribution in [0, 0.1) is 0 Å². The summed E-state index contributed by atoms with van der Waals surface area (Å²) in [5.41, 5.74) is 3.19. The third-order valence-electron chi connectivity index (χ3n) is 7.23. The molecule has 0 atom stereocenters. The van der Waals surface area contributed by atoms with Crippen molar-refractivity contribution in [1.29, 1.82) is 0 Å². The number of benzene rings is 1. The number of piperazine rings is 1. The smallest absolute Gasteiger partial charge is 0.229 e. The number of ether oxygens (including phenoxy) is 1. The Bertz CT molecular complexity index is 977. The number of rotatable bonds is 5. The van der Waals surface area contributed by atoms with Crippen LogP contribution in [0.5, 0.6) is 5.75 Å². The molecule has 176 valence electrons. The highest BCUT2D eigenvalue weighted by Gasteiger charge is 2.25. The standard InChI is InChI=1S/C26H36N6O/c1-30-14-16-31(17-15-30)22-11-12-23(24(18-22)33-2)28-26-27-19-20-8-7-13-32(25(20)29-26)21-9-5-3-4-6-10-21/h7-8,11-12,18-19,21H,3-6,9-10,13-17H2,1-2H3,(H,27,28,29). The number of anilines is 4. The summed E-state index contributed by atoms with van der Waals surface area (Å²) in [6, 6.07) is 6.93. The van der Waals surface area contributed by atoms with Crippen molar-refractivity contribution in [3.8, 4) is 5.75 Å². The Kier molecular flexibility index (Phi) is 6.67. The van der Waals surface area contributed by atoms with Gasteiger partial charge in [-0.25, -0.2) is 4.98 Å². The summed E-state index contributed by atoms with van der Waals surface area (Å²) in [6.07, 6.45) is 14.2. The van der Waals surface area contributed by atoms with Gasteiger partial charge in [0.15, 0.2) is 0 Å². The summed E-state index contributed by atoms with van der Waals surface area (Å²) >= 11 is 0. The zero-order chi connectivity index (χ0) is 22.6. The van der Waals surface area contributed by atoms with Crippen molar-refractivity contribution in [2.45, 2.75) is 44.6 Å². The van der Waals surface area contributed by atoms with E-state index in [1.807, 2.05) is 6.20 Å². The van der Waals surface area contributed by atoms with E-state index in [1.165, 1.54) is 44.2 Å². The van der Waals surface area contributed by atoms with Crippen LogP contribution < -0.4 is 19.9 Å². The second-order valence-electron chi connectivity index (χ2n) is 9.47. The molecule has 2 aromatic rings. The number of nitrogens with one attached hydrogen (secondary N) is 1. The van der Waals surface area contributed by atoms with Crippen molar-refractivity contribution in [2.24, 2.45) is 0 Å². The Labute approximate surface area is 197 Å². The second-order valence-corrected chi connectivity index (χ2v) is 9.47. The van der Waals surface area contributed by atoms with E-state index in [0.717, 1.165) is 55.5 Å². The fourth-order valence-electron chi connectivity index (χ4n) is 5.23. The summed E-state index contributed by atoms with van der Waals surface area (Å²) < 4.78 is 5.74. The number of likely N-dealkylation sites (N-methyl/N-ethyl adjacent to an activating group) is 1. The van der Waals surface area contributed by atoms with Gasteiger partial charge in [-0.1, -0.05) is 37.8 Å². The average Bonchev–Trinajstić information content (AvgIpc) is 3.14. The molecule has 1 aliphatic carbocycles. The minimum Gasteiger partial charge on any atom is -0.494 e. The van der Waals surface area contributed by atoms with Gasteiger partial charge in [0.2, 0.25) is 5.95 Å². The quantitative estimate of drug-likeness (QED) is 0.674. The third kappa shape index (κ3) is 4.93. The predicted molar refractivity (Wildman–Crippen MR) is 136 cm³/mol. The number of aromatic nitrogens is 2. The number of nitrogens with zero attached hydrogens (tertiary/aromatic N) is 5. The topological polar surface area (TPSA) is 56.8 Å². The first-order chi connectivity index (χ1) is 16.2. The lowest BCUT2D eigenvalue weighted by Crippen LogP contribution is -2.44. The predicted octanol–water partition coefficient (Wildman–Crippen LogP) is 4.54. The Morgan fingerprint density at radius 2 is 1.82 bits per heavy atom. The maximum absolute atomic E-state index is 5.74. The summed E-state index contributed by atoms with van der Waals surface area (Å²) in [5, 5.41) is 3.42. The lowest BCUT2D eigenvalue weighted by atomic mass is 10.0. The molecule has 33 heavy (non-hydrogen) atoms.